The number of hydrogen-bond donors (Lipinski definition) is 0. The van der Waals surface area contributed by atoms with Crippen molar-refractivity contribution in [1.29, 1.82) is 0 Å². The normalized spacial score (nSPS) is 9.86. The van der Waals surface area contributed by atoms with Crippen molar-refractivity contribution in [2.24, 2.45) is 28.2 Å². The first-order valence-electron chi connectivity index (χ1n) is 35.1. The molecule has 0 bridgehead atoms. The Morgan fingerprint density at radius 2 is 0.722 bits per heavy atom. The molecule has 0 aliphatic heterocycles. The molecule has 10 nitrogen and oxygen atoms in total. The van der Waals surface area contributed by atoms with Gasteiger partial charge in [-0.05, 0) is 116 Å². The third-order valence-electron chi connectivity index (χ3n) is 15.3. The molecule has 15 rings (SSSR count). The zero-order valence-electron chi connectivity index (χ0n) is 62.7. The molecule has 0 unspecified atom stereocenters. The van der Waals surface area contributed by atoms with E-state index in [2.05, 4.69) is 241 Å². The Labute approximate surface area is 579 Å². The Morgan fingerprint density at radius 1 is 0.289 bits per heavy atom. The van der Waals surface area contributed by atoms with Crippen LogP contribution in [0.5, 0.6) is 0 Å². The van der Waals surface area contributed by atoms with Gasteiger partial charge < -0.3 is 13.3 Å². The molecule has 0 saturated heterocycles. The summed E-state index contributed by atoms with van der Waals surface area (Å²) in [6.07, 6.45) is 17.3. The van der Waals surface area contributed by atoms with Gasteiger partial charge in [-0.25, -0.2) is 18.3 Å². The maximum absolute atomic E-state index is 6.12. The highest BCUT2D eigenvalue weighted by molar-refractivity contribution is 6.11. The number of benzene rings is 5. The summed E-state index contributed by atoms with van der Waals surface area (Å²) in [4.78, 5) is 12.8. The number of aromatic nitrogens is 7. The van der Waals surface area contributed by atoms with Gasteiger partial charge in [-0.2, -0.15) is 0 Å². The van der Waals surface area contributed by atoms with Gasteiger partial charge in [0.15, 0.2) is 41.5 Å². The van der Waals surface area contributed by atoms with Crippen LogP contribution < -0.4 is 18.3 Å². The lowest BCUT2D eigenvalue weighted by molar-refractivity contribution is -0.660. The molecule has 0 spiro atoms. The molecule has 0 N–H and O–H groups in total. The quantitative estimate of drug-likeness (QED) is 0.163. The topological polar surface area (TPSA) is 93.6 Å². The minimum Gasteiger partial charge on any atom is -0.455 e. The van der Waals surface area contributed by atoms with Crippen molar-refractivity contribution >= 4 is 76.7 Å². The summed E-state index contributed by atoms with van der Waals surface area (Å²) in [6.45, 7) is 40.5. The molecule has 0 atom stereocenters. The van der Waals surface area contributed by atoms with Crippen LogP contribution in [-0.4, -0.2) is 15.0 Å². The van der Waals surface area contributed by atoms with Crippen molar-refractivity contribution in [3.8, 4) is 45.0 Å². The third kappa shape index (κ3) is 18.2. The molecule has 0 fully saturated rings. The summed E-state index contributed by atoms with van der Waals surface area (Å²) in [6, 6.07) is 58.4. The molecule has 0 aliphatic carbocycles. The van der Waals surface area contributed by atoms with Gasteiger partial charge in [0.05, 0.1) is 28.3 Å². The summed E-state index contributed by atoms with van der Waals surface area (Å²) in [5, 5.41) is 8.08. The Hall–Kier alpha value is -10.2. The molecule has 0 aliphatic rings. The van der Waals surface area contributed by atoms with E-state index in [-0.39, 0.29) is 0 Å². The van der Waals surface area contributed by atoms with Crippen molar-refractivity contribution in [2.75, 3.05) is 0 Å². The second-order valence-electron chi connectivity index (χ2n) is 20.6. The number of furan rings is 3. The average molecular weight is 1300 g/mol. The Balaban J connectivity index is 0.000000257. The standard InChI is InChI=1S/3C18H15N2O.C17H16N.8C2H6/c1-12-8-9-13-17-15(7-5-10-19-17)21-18(13)16(12)14-6-3-4-11-20(14)2;1-12-6-7-14-13-8-9-19-11-16(13)21-18(14)17(12)15-5-3-4-10-20(15)2;1-12-6-7-13-14-11-19-9-8-16(14)21-18(13)17(12)15-5-3-4-10-20(15)2;1-13-7-3-5-9-15(13)17-16-10-6-4-8-14(16)11-12-18(17)2;8*1-2/h3*3-11H,1-2H3;3-12H,1-2H3;8*1-2H3/q4*+1;;;;;;;;. The maximum atomic E-state index is 6.12. The third-order valence-corrected chi connectivity index (χ3v) is 15.3. The molecule has 15 aromatic rings. The SMILES string of the molecule is CC.CC.CC.CC.CC.CC.CC.CC.Cc1ccc2c(oc3cccnc32)c1-c1cccc[n+]1C.Cc1ccc2c(oc3ccncc32)c1-c1cccc[n+]1C.Cc1ccc2c(oc3cnccc32)c1-c1cccc[n+]1C.Cc1ccccc1-c1c2ccccc2cc[n+]1C. The number of fused-ring (bicyclic) bond motifs is 10. The van der Waals surface area contributed by atoms with E-state index in [0.29, 0.717) is 0 Å². The van der Waals surface area contributed by atoms with E-state index >= 15 is 0 Å². The van der Waals surface area contributed by atoms with Gasteiger partial charge in [-0.1, -0.05) is 178 Å². The second kappa shape index (κ2) is 40.9. The molecule has 0 saturated carbocycles. The van der Waals surface area contributed by atoms with E-state index < -0.39 is 0 Å². The summed E-state index contributed by atoms with van der Waals surface area (Å²) < 4.78 is 26.9. The van der Waals surface area contributed by atoms with Crippen LogP contribution in [0.4, 0.5) is 0 Å². The van der Waals surface area contributed by atoms with Crippen LogP contribution >= 0.6 is 0 Å². The van der Waals surface area contributed by atoms with E-state index in [9.17, 15) is 0 Å². The number of pyridine rings is 7. The summed E-state index contributed by atoms with van der Waals surface area (Å²) in [5.41, 5.74) is 20.6. The fourth-order valence-corrected chi connectivity index (χ4v) is 11.1. The lowest BCUT2D eigenvalue weighted by Crippen LogP contribution is -2.30. The van der Waals surface area contributed by atoms with Gasteiger partial charge in [0.25, 0.3) is 0 Å². The molecular weight excluding hydrogens is 1190 g/mol. The molecule has 0 amide bonds. The second-order valence-corrected chi connectivity index (χ2v) is 20.6. The highest BCUT2D eigenvalue weighted by Crippen LogP contribution is 2.39. The first-order chi connectivity index (χ1) is 47.5. The monoisotopic (exact) mass is 1300 g/mol. The van der Waals surface area contributed by atoms with E-state index in [1.165, 1.54) is 44.3 Å². The lowest BCUT2D eigenvalue weighted by Gasteiger charge is -2.07. The number of nitrogens with zero attached hydrogens (tertiary/aromatic N) is 7. The summed E-state index contributed by atoms with van der Waals surface area (Å²) >= 11 is 0. The van der Waals surface area contributed by atoms with Gasteiger partial charge in [0, 0.05) is 99.7 Å². The van der Waals surface area contributed by atoms with Gasteiger partial charge in [-0.3, -0.25) is 15.0 Å². The van der Waals surface area contributed by atoms with Crippen molar-refractivity contribution in [3.63, 3.8) is 0 Å². The zero-order valence-corrected chi connectivity index (χ0v) is 62.7. The van der Waals surface area contributed by atoms with Gasteiger partial charge in [-0.15, -0.1) is 0 Å². The minimum atomic E-state index is 0.831. The van der Waals surface area contributed by atoms with E-state index in [0.717, 1.165) is 99.7 Å². The minimum absolute atomic E-state index is 0.831. The molecule has 5 aromatic carbocycles. The molecule has 97 heavy (non-hydrogen) atoms. The van der Waals surface area contributed by atoms with E-state index in [1.54, 1.807) is 24.8 Å². The van der Waals surface area contributed by atoms with E-state index in [4.69, 9.17) is 13.3 Å². The maximum Gasteiger partial charge on any atom is 0.220 e. The molecular formula is C87H109N7O3+4. The van der Waals surface area contributed by atoms with Crippen molar-refractivity contribution in [3.05, 3.63) is 248 Å². The molecule has 10 heterocycles. The van der Waals surface area contributed by atoms with Crippen molar-refractivity contribution < 1.29 is 31.5 Å². The zero-order chi connectivity index (χ0) is 71.7. The highest BCUT2D eigenvalue weighted by Gasteiger charge is 2.23. The van der Waals surface area contributed by atoms with E-state index in [1.807, 2.05) is 159 Å². The van der Waals surface area contributed by atoms with Crippen LogP contribution in [0.2, 0.25) is 0 Å². The van der Waals surface area contributed by atoms with Crippen LogP contribution in [-0.2, 0) is 28.2 Å². The molecule has 10 heteroatoms. The molecule has 0 radical (unpaired) electrons. The Morgan fingerprint density at radius 3 is 1.25 bits per heavy atom. The number of hydrogen-bond acceptors (Lipinski definition) is 6. The largest absolute Gasteiger partial charge is 0.455 e. The van der Waals surface area contributed by atoms with Gasteiger partial charge >= 0.3 is 0 Å². The molecule has 10 aromatic heterocycles. The number of rotatable bonds is 4. The molecule has 506 valence electrons. The fourth-order valence-electron chi connectivity index (χ4n) is 11.1. The predicted octanol–water partition coefficient (Wildman–Crippen LogP) is 23.2. The van der Waals surface area contributed by atoms with Crippen LogP contribution in [0.15, 0.2) is 239 Å². The Kier molecular flexibility index (Phi) is 33.4. The van der Waals surface area contributed by atoms with Crippen LogP contribution in [0.3, 0.4) is 0 Å². The Bertz CT molecular complexity index is 4460. The first kappa shape index (κ1) is 79.2. The summed E-state index contributed by atoms with van der Waals surface area (Å²) in [7, 11) is 8.26. The van der Waals surface area contributed by atoms with Gasteiger partial charge in [0.1, 0.15) is 50.5 Å². The lowest BCUT2D eigenvalue weighted by atomic mass is 10.00. The van der Waals surface area contributed by atoms with Crippen LogP contribution in [0.25, 0.3) is 122 Å². The average Bonchev–Trinajstić information content (AvgIpc) is 1.68. The number of aryl methyl sites for hydroxylation is 8. The van der Waals surface area contributed by atoms with Crippen molar-refractivity contribution in [1.82, 2.24) is 15.0 Å². The predicted molar refractivity (Wildman–Crippen MR) is 415 cm³/mol. The van der Waals surface area contributed by atoms with Crippen LogP contribution in [0.1, 0.15) is 133 Å². The van der Waals surface area contributed by atoms with Gasteiger partial charge in [0.2, 0.25) is 22.8 Å². The highest BCUT2D eigenvalue weighted by atomic mass is 16.3. The first-order valence-corrected chi connectivity index (χ1v) is 35.1. The van der Waals surface area contributed by atoms with Crippen LogP contribution in [0, 0.1) is 27.7 Å². The smallest absolute Gasteiger partial charge is 0.220 e. The fraction of sp³-hybridized carbons (Fsp3) is 0.276. The summed E-state index contributed by atoms with van der Waals surface area (Å²) in [5.74, 6) is 0. The van der Waals surface area contributed by atoms with Crippen molar-refractivity contribution in [2.45, 2.75) is 138 Å².